The van der Waals surface area contributed by atoms with Crippen LogP contribution in [0.3, 0.4) is 0 Å². The molecule has 0 aliphatic rings. The smallest absolute Gasteiger partial charge is 0.328 e. The fourth-order valence-electron chi connectivity index (χ4n) is 2.51. The highest BCUT2D eigenvalue weighted by atomic mass is 19.1. The Labute approximate surface area is 131 Å². The standard InChI is InChI=1S/C16H15FN4O2/c1-9-5-11(17)3-4-12(9)10-6-13-15(19-7-10)20-16(23)21(13)8-14(22)18-2/h3-7H,8H2,1-2H3,(H,18,22)(H,19,20,23). The van der Waals surface area contributed by atoms with E-state index < -0.39 is 5.69 Å². The molecule has 0 unspecified atom stereocenters. The second-order valence-electron chi connectivity index (χ2n) is 5.24. The second kappa shape index (κ2) is 5.68. The van der Waals surface area contributed by atoms with Gasteiger partial charge < -0.3 is 5.32 Å². The van der Waals surface area contributed by atoms with Crippen LogP contribution in [0.15, 0.2) is 35.3 Å². The Kier molecular flexibility index (Phi) is 3.69. The van der Waals surface area contributed by atoms with E-state index in [9.17, 15) is 14.0 Å². The van der Waals surface area contributed by atoms with Crippen molar-refractivity contribution in [2.24, 2.45) is 0 Å². The lowest BCUT2D eigenvalue weighted by molar-refractivity contribution is -0.121. The predicted molar refractivity (Wildman–Crippen MR) is 84.6 cm³/mol. The van der Waals surface area contributed by atoms with Gasteiger partial charge in [-0.1, -0.05) is 6.07 Å². The van der Waals surface area contributed by atoms with Crippen LogP contribution in [0.25, 0.3) is 22.3 Å². The van der Waals surface area contributed by atoms with Gasteiger partial charge in [0.05, 0.1) is 5.52 Å². The van der Waals surface area contributed by atoms with Gasteiger partial charge in [-0.05, 0) is 36.2 Å². The second-order valence-corrected chi connectivity index (χ2v) is 5.24. The van der Waals surface area contributed by atoms with Crippen LogP contribution in [0, 0.1) is 12.7 Å². The number of pyridine rings is 1. The van der Waals surface area contributed by atoms with Gasteiger partial charge in [-0.15, -0.1) is 0 Å². The molecule has 2 heterocycles. The Morgan fingerprint density at radius 3 is 2.87 bits per heavy atom. The monoisotopic (exact) mass is 314 g/mol. The molecule has 0 aliphatic carbocycles. The number of H-pyrrole nitrogens is 1. The first kappa shape index (κ1) is 15.0. The van der Waals surface area contributed by atoms with Gasteiger partial charge in [-0.3, -0.25) is 14.3 Å². The number of hydrogen-bond acceptors (Lipinski definition) is 3. The number of likely N-dealkylation sites (N-methyl/N-ethyl adjacent to an activating group) is 1. The molecular weight excluding hydrogens is 299 g/mol. The fraction of sp³-hybridized carbons (Fsp3) is 0.188. The average molecular weight is 314 g/mol. The van der Waals surface area contributed by atoms with Gasteiger partial charge in [-0.2, -0.15) is 0 Å². The normalized spacial score (nSPS) is 10.9. The number of hydrogen-bond donors (Lipinski definition) is 2. The number of carbonyl (C=O) groups is 1. The number of nitrogens with one attached hydrogen (secondary N) is 2. The summed E-state index contributed by atoms with van der Waals surface area (Å²) in [7, 11) is 1.51. The Morgan fingerprint density at radius 1 is 1.39 bits per heavy atom. The predicted octanol–water partition coefficient (Wildman–Crippen LogP) is 1.59. The van der Waals surface area contributed by atoms with Crippen molar-refractivity contribution >= 4 is 17.1 Å². The summed E-state index contributed by atoms with van der Waals surface area (Å²) in [5.41, 5.74) is 2.87. The molecule has 1 aromatic carbocycles. The fourth-order valence-corrected chi connectivity index (χ4v) is 2.51. The molecule has 0 fully saturated rings. The maximum Gasteiger partial charge on any atom is 0.328 e. The van der Waals surface area contributed by atoms with Crippen LogP contribution in [0.5, 0.6) is 0 Å². The molecule has 118 valence electrons. The molecular formula is C16H15FN4O2. The van der Waals surface area contributed by atoms with Gasteiger partial charge in [0, 0.05) is 18.8 Å². The summed E-state index contributed by atoms with van der Waals surface area (Å²) < 4.78 is 14.6. The molecule has 3 aromatic rings. The number of aryl methyl sites for hydroxylation is 1. The number of benzene rings is 1. The minimum Gasteiger partial charge on any atom is -0.358 e. The summed E-state index contributed by atoms with van der Waals surface area (Å²) in [6.07, 6.45) is 1.61. The van der Waals surface area contributed by atoms with Crippen molar-refractivity contribution in [3.8, 4) is 11.1 Å². The van der Waals surface area contributed by atoms with Crippen molar-refractivity contribution in [1.82, 2.24) is 19.9 Å². The SMILES string of the molecule is CNC(=O)Cn1c(=O)[nH]c2ncc(-c3ccc(F)cc3C)cc21. The van der Waals surface area contributed by atoms with E-state index in [1.54, 1.807) is 25.3 Å². The van der Waals surface area contributed by atoms with E-state index in [0.29, 0.717) is 11.2 Å². The number of rotatable bonds is 3. The maximum absolute atomic E-state index is 13.3. The molecule has 3 rings (SSSR count). The van der Waals surface area contributed by atoms with E-state index in [-0.39, 0.29) is 18.3 Å². The molecule has 0 atom stereocenters. The first-order chi connectivity index (χ1) is 11.0. The van der Waals surface area contributed by atoms with E-state index >= 15 is 0 Å². The van der Waals surface area contributed by atoms with Crippen molar-refractivity contribution in [2.45, 2.75) is 13.5 Å². The largest absolute Gasteiger partial charge is 0.358 e. The summed E-state index contributed by atoms with van der Waals surface area (Å²) in [5, 5.41) is 2.48. The topological polar surface area (TPSA) is 79.8 Å². The number of amides is 1. The molecule has 0 radical (unpaired) electrons. The Bertz CT molecular complexity index is 958. The summed E-state index contributed by atoms with van der Waals surface area (Å²) in [6.45, 7) is 1.71. The van der Waals surface area contributed by atoms with E-state index in [2.05, 4.69) is 15.3 Å². The van der Waals surface area contributed by atoms with Crippen LogP contribution < -0.4 is 11.0 Å². The minimum atomic E-state index is -0.399. The third-order valence-electron chi connectivity index (χ3n) is 3.71. The van der Waals surface area contributed by atoms with E-state index in [1.165, 1.54) is 23.7 Å². The zero-order valence-electron chi connectivity index (χ0n) is 12.7. The van der Waals surface area contributed by atoms with Crippen LogP contribution in [-0.4, -0.2) is 27.5 Å². The Balaban J connectivity index is 2.15. The van der Waals surface area contributed by atoms with Gasteiger partial charge >= 0.3 is 5.69 Å². The molecule has 0 saturated heterocycles. The number of imidazole rings is 1. The highest BCUT2D eigenvalue weighted by Gasteiger charge is 2.13. The van der Waals surface area contributed by atoms with E-state index in [0.717, 1.165) is 16.7 Å². The van der Waals surface area contributed by atoms with Gasteiger partial charge in [-0.25, -0.2) is 14.2 Å². The van der Waals surface area contributed by atoms with Crippen molar-refractivity contribution in [3.63, 3.8) is 0 Å². The summed E-state index contributed by atoms with van der Waals surface area (Å²) in [6, 6.07) is 6.25. The van der Waals surface area contributed by atoms with Crippen molar-refractivity contribution < 1.29 is 9.18 Å². The van der Waals surface area contributed by atoms with Gasteiger partial charge in [0.1, 0.15) is 12.4 Å². The zero-order valence-corrected chi connectivity index (χ0v) is 12.7. The zero-order chi connectivity index (χ0) is 16.6. The van der Waals surface area contributed by atoms with Crippen LogP contribution >= 0.6 is 0 Å². The summed E-state index contributed by atoms with van der Waals surface area (Å²) in [5.74, 6) is -0.588. The van der Waals surface area contributed by atoms with E-state index in [1.807, 2.05) is 0 Å². The van der Waals surface area contributed by atoms with Crippen molar-refractivity contribution in [1.29, 1.82) is 0 Å². The van der Waals surface area contributed by atoms with Gasteiger partial charge in [0.15, 0.2) is 5.65 Å². The lowest BCUT2D eigenvalue weighted by atomic mass is 10.0. The molecule has 0 saturated carbocycles. The lowest BCUT2D eigenvalue weighted by Gasteiger charge is -2.07. The van der Waals surface area contributed by atoms with Gasteiger partial charge in [0.2, 0.25) is 5.91 Å². The average Bonchev–Trinajstić information content (AvgIpc) is 2.82. The van der Waals surface area contributed by atoms with Crippen LogP contribution in [0.2, 0.25) is 0 Å². The summed E-state index contributed by atoms with van der Waals surface area (Å²) in [4.78, 5) is 30.4. The number of carbonyl (C=O) groups excluding carboxylic acids is 1. The number of halogens is 1. The van der Waals surface area contributed by atoms with Crippen LogP contribution in [-0.2, 0) is 11.3 Å². The number of aromatic nitrogens is 3. The van der Waals surface area contributed by atoms with E-state index in [4.69, 9.17) is 0 Å². The Morgan fingerprint density at radius 2 is 2.17 bits per heavy atom. The highest BCUT2D eigenvalue weighted by Crippen LogP contribution is 2.25. The van der Waals surface area contributed by atoms with Crippen LogP contribution in [0.1, 0.15) is 5.56 Å². The molecule has 23 heavy (non-hydrogen) atoms. The molecule has 6 nitrogen and oxygen atoms in total. The lowest BCUT2D eigenvalue weighted by Crippen LogP contribution is -2.28. The number of fused-ring (bicyclic) bond motifs is 1. The highest BCUT2D eigenvalue weighted by molar-refractivity contribution is 5.82. The maximum atomic E-state index is 13.3. The molecule has 7 heteroatoms. The molecule has 2 aromatic heterocycles. The molecule has 0 aliphatic heterocycles. The molecule has 2 N–H and O–H groups in total. The first-order valence-electron chi connectivity index (χ1n) is 7.05. The quantitative estimate of drug-likeness (QED) is 0.770. The van der Waals surface area contributed by atoms with Crippen LogP contribution in [0.4, 0.5) is 4.39 Å². The number of nitrogens with zero attached hydrogens (tertiary/aromatic N) is 2. The first-order valence-corrected chi connectivity index (χ1v) is 7.05. The van der Waals surface area contributed by atoms with Crippen molar-refractivity contribution in [2.75, 3.05) is 7.05 Å². The number of aromatic amines is 1. The summed E-state index contributed by atoms with van der Waals surface area (Å²) >= 11 is 0. The molecule has 0 bridgehead atoms. The van der Waals surface area contributed by atoms with Crippen molar-refractivity contribution in [3.05, 3.63) is 52.3 Å². The molecule has 1 amide bonds. The molecule has 0 spiro atoms. The third-order valence-corrected chi connectivity index (χ3v) is 3.71. The Hall–Kier alpha value is -2.96. The minimum absolute atomic E-state index is 0.0944. The third kappa shape index (κ3) is 2.73. The van der Waals surface area contributed by atoms with Gasteiger partial charge in [0.25, 0.3) is 0 Å².